The lowest BCUT2D eigenvalue weighted by molar-refractivity contribution is 0.308. The fraction of sp³-hybridized carbons (Fsp3) is 0.148. The summed E-state index contributed by atoms with van der Waals surface area (Å²) in [6, 6.07) is 20.5. The number of rotatable bonds is 6. The molecule has 0 fully saturated rings. The van der Waals surface area contributed by atoms with Crippen molar-refractivity contribution in [2.75, 3.05) is 7.11 Å². The van der Waals surface area contributed by atoms with Crippen LogP contribution < -0.4 is 15.0 Å². The molecule has 176 valence electrons. The van der Waals surface area contributed by atoms with Crippen LogP contribution in [-0.4, -0.2) is 26.3 Å². The summed E-state index contributed by atoms with van der Waals surface area (Å²) in [5, 5.41) is 5.37. The number of ether oxygens (including phenoxy) is 2. The molecule has 0 radical (unpaired) electrons. The predicted octanol–water partition coefficient (Wildman–Crippen LogP) is 5.41. The molecule has 5 rings (SSSR count). The lowest BCUT2D eigenvalue weighted by Gasteiger charge is -2.12. The standard InChI is InChI=1S/C27H23ClN4O3/c1-17-13-23(30-32(17)21-9-5-10-22(15-21)34-3)25-18(2)29-26-24(11-6-12-31(26)27(25)33)35-16-19-7-4-8-20(28)14-19/h4-15H,16H2,1-3H3. The number of hydrogen-bond donors (Lipinski definition) is 0. The van der Waals surface area contributed by atoms with E-state index in [4.69, 9.17) is 31.2 Å². The smallest absolute Gasteiger partial charge is 0.267 e. The van der Waals surface area contributed by atoms with Crippen molar-refractivity contribution in [2.24, 2.45) is 0 Å². The molecule has 3 aromatic heterocycles. The lowest BCUT2D eigenvalue weighted by atomic mass is 10.1. The highest BCUT2D eigenvalue weighted by Crippen LogP contribution is 2.25. The van der Waals surface area contributed by atoms with Crippen molar-refractivity contribution in [3.05, 3.63) is 105 Å². The van der Waals surface area contributed by atoms with Crippen LogP contribution in [0, 0.1) is 13.8 Å². The molecule has 35 heavy (non-hydrogen) atoms. The topological polar surface area (TPSA) is 70.7 Å². The largest absolute Gasteiger partial charge is 0.497 e. The summed E-state index contributed by atoms with van der Waals surface area (Å²) in [6.07, 6.45) is 1.69. The van der Waals surface area contributed by atoms with Gasteiger partial charge in [-0.2, -0.15) is 5.10 Å². The van der Waals surface area contributed by atoms with Gasteiger partial charge in [0.15, 0.2) is 11.4 Å². The zero-order chi connectivity index (χ0) is 24.5. The number of pyridine rings is 1. The number of halogens is 1. The maximum atomic E-state index is 13.6. The van der Waals surface area contributed by atoms with Gasteiger partial charge in [0.05, 0.1) is 24.1 Å². The first-order valence-corrected chi connectivity index (χ1v) is 11.4. The molecule has 0 bridgehead atoms. The molecule has 0 saturated heterocycles. The van der Waals surface area contributed by atoms with Crippen molar-refractivity contribution >= 4 is 17.2 Å². The van der Waals surface area contributed by atoms with Gasteiger partial charge in [0.25, 0.3) is 5.56 Å². The third-order valence-corrected chi connectivity index (χ3v) is 5.96. The molecular formula is C27H23ClN4O3. The highest BCUT2D eigenvalue weighted by atomic mass is 35.5. The monoisotopic (exact) mass is 486 g/mol. The van der Waals surface area contributed by atoms with E-state index in [1.807, 2.05) is 68.4 Å². The minimum Gasteiger partial charge on any atom is -0.497 e. The van der Waals surface area contributed by atoms with Gasteiger partial charge < -0.3 is 9.47 Å². The summed E-state index contributed by atoms with van der Waals surface area (Å²) in [7, 11) is 1.62. The highest BCUT2D eigenvalue weighted by molar-refractivity contribution is 6.30. The third kappa shape index (κ3) is 4.38. The molecule has 8 heteroatoms. The van der Waals surface area contributed by atoms with Crippen LogP contribution in [0.3, 0.4) is 0 Å². The summed E-state index contributed by atoms with van der Waals surface area (Å²) in [6.45, 7) is 4.06. The first-order valence-electron chi connectivity index (χ1n) is 11.1. The molecule has 0 unspecified atom stereocenters. The molecule has 0 atom stereocenters. The first kappa shape index (κ1) is 22.7. The maximum Gasteiger partial charge on any atom is 0.267 e. The summed E-state index contributed by atoms with van der Waals surface area (Å²) in [5.41, 5.74) is 4.46. The molecule has 7 nitrogen and oxygen atoms in total. The second-order valence-electron chi connectivity index (χ2n) is 8.15. The number of methoxy groups -OCH3 is 1. The fourth-order valence-electron chi connectivity index (χ4n) is 4.04. The van der Waals surface area contributed by atoms with Gasteiger partial charge in [0.1, 0.15) is 18.1 Å². The van der Waals surface area contributed by atoms with Gasteiger partial charge in [-0.1, -0.05) is 29.8 Å². The van der Waals surface area contributed by atoms with Crippen molar-refractivity contribution in [3.63, 3.8) is 0 Å². The summed E-state index contributed by atoms with van der Waals surface area (Å²) >= 11 is 6.08. The summed E-state index contributed by atoms with van der Waals surface area (Å²) in [4.78, 5) is 18.3. The van der Waals surface area contributed by atoms with E-state index in [-0.39, 0.29) is 5.56 Å². The Morgan fingerprint density at radius 3 is 2.63 bits per heavy atom. The minimum atomic E-state index is -0.212. The van der Waals surface area contributed by atoms with Crippen LogP contribution in [0.4, 0.5) is 0 Å². The Morgan fingerprint density at radius 2 is 1.83 bits per heavy atom. The number of hydrogen-bond acceptors (Lipinski definition) is 5. The molecular weight excluding hydrogens is 464 g/mol. The summed E-state index contributed by atoms with van der Waals surface area (Å²) in [5.74, 6) is 1.24. The van der Waals surface area contributed by atoms with E-state index in [1.54, 1.807) is 30.1 Å². The summed E-state index contributed by atoms with van der Waals surface area (Å²) < 4.78 is 14.6. The third-order valence-electron chi connectivity index (χ3n) is 5.72. The number of fused-ring (bicyclic) bond motifs is 1. The van der Waals surface area contributed by atoms with Crippen molar-refractivity contribution in [2.45, 2.75) is 20.5 Å². The number of aryl methyl sites for hydroxylation is 2. The van der Waals surface area contributed by atoms with Gasteiger partial charge in [0.2, 0.25) is 0 Å². The SMILES string of the molecule is COc1cccc(-n2nc(-c3c(C)nc4c(OCc5cccc(Cl)c5)cccn4c3=O)cc2C)c1. The molecule has 0 saturated carbocycles. The van der Waals surface area contributed by atoms with Crippen LogP contribution in [0.1, 0.15) is 17.0 Å². The molecule has 2 aromatic carbocycles. The molecule has 0 N–H and O–H groups in total. The molecule has 0 aliphatic carbocycles. The number of aromatic nitrogens is 4. The van der Waals surface area contributed by atoms with E-state index in [1.165, 1.54) is 4.40 Å². The first-order chi connectivity index (χ1) is 16.9. The second-order valence-corrected chi connectivity index (χ2v) is 8.58. The average Bonchev–Trinajstić information content (AvgIpc) is 3.24. The van der Waals surface area contributed by atoms with Crippen molar-refractivity contribution < 1.29 is 9.47 Å². The van der Waals surface area contributed by atoms with Crippen molar-refractivity contribution in [1.29, 1.82) is 0 Å². The van der Waals surface area contributed by atoms with Crippen LogP contribution in [0.15, 0.2) is 77.7 Å². The quantitative estimate of drug-likeness (QED) is 0.321. The molecule has 0 spiro atoms. The minimum absolute atomic E-state index is 0.212. The molecule has 3 heterocycles. The van der Waals surface area contributed by atoms with E-state index in [0.29, 0.717) is 40.0 Å². The Balaban J connectivity index is 1.54. The van der Waals surface area contributed by atoms with E-state index < -0.39 is 0 Å². The fourth-order valence-corrected chi connectivity index (χ4v) is 4.25. The lowest BCUT2D eigenvalue weighted by Crippen LogP contribution is -2.19. The van der Waals surface area contributed by atoms with Gasteiger partial charge >= 0.3 is 0 Å². The Morgan fingerprint density at radius 1 is 1.00 bits per heavy atom. The van der Waals surface area contributed by atoms with Crippen molar-refractivity contribution in [1.82, 2.24) is 19.2 Å². The van der Waals surface area contributed by atoms with E-state index in [2.05, 4.69) is 0 Å². The zero-order valence-electron chi connectivity index (χ0n) is 19.5. The van der Waals surface area contributed by atoms with Gasteiger partial charge in [-0.25, -0.2) is 9.67 Å². The Bertz CT molecular complexity index is 1610. The highest BCUT2D eigenvalue weighted by Gasteiger charge is 2.18. The van der Waals surface area contributed by atoms with E-state index in [0.717, 1.165) is 22.7 Å². The van der Waals surface area contributed by atoms with Gasteiger partial charge in [-0.3, -0.25) is 9.20 Å². The van der Waals surface area contributed by atoms with E-state index in [9.17, 15) is 4.79 Å². The Labute approximate surface area is 207 Å². The van der Waals surface area contributed by atoms with Gasteiger partial charge in [0, 0.05) is 23.0 Å². The normalized spacial score (nSPS) is 11.1. The maximum absolute atomic E-state index is 13.6. The molecule has 0 amide bonds. The molecule has 0 aliphatic rings. The molecule has 0 aliphatic heterocycles. The zero-order valence-corrected chi connectivity index (χ0v) is 20.3. The van der Waals surface area contributed by atoms with E-state index >= 15 is 0 Å². The average molecular weight is 487 g/mol. The number of nitrogens with zero attached hydrogens (tertiary/aromatic N) is 4. The van der Waals surface area contributed by atoms with Crippen LogP contribution >= 0.6 is 11.6 Å². The van der Waals surface area contributed by atoms with Gasteiger partial charge in [-0.15, -0.1) is 0 Å². The number of benzene rings is 2. The van der Waals surface area contributed by atoms with Crippen LogP contribution in [0.5, 0.6) is 11.5 Å². The Kier molecular flexibility index (Phi) is 6.01. The van der Waals surface area contributed by atoms with Gasteiger partial charge in [-0.05, 0) is 61.9 Å². The van der Waals surface area contributed by atoms with Crippen molar-refractivity contribution in [3.8, 4) is 28.4 Å². The van der Waals surface area contributed by atoms with Crippen LogP contribution in [0.2, 0.25) is 5.02 Å². The Hall–Kier alpha value is -4.10. The van der Waals surface area contributed by atoms with Crippen LogP contribution in [-0.2, 0) is 6.61 Å². The second kappa shape index (κ2) is 9.27. The predicted molar refractivity (Wildman–Crippen MR) is 136 cm³/mol. The molecule has 5 aromatic rings. The van der Waals surface area contributed by atoms with Crippen LogP contribution in [0.25, 0.3) is 22.6 Å².